The maximum Gasteiger partial charge on any atom is 0.319 e. The highest BCUT2D eigenvalue weighted by Crippen LogP contribution is 2.15. The molecule has 4 N–H and O–H groups in total. The molecular weight excluding hydrogens is 268 g/mol. The molecule has 6 nitrogen and oxygen atoms in total. The van der Waals surface area contributed by atoms with Crippen LogP contribution >= 0.6 is 0 Å². The zero-order valence-corrected chi connectivity index (χ0v) is 12.4. The predicted molar refractivity (Wildman–Crippen MR) is 82.1 cm³/mol. The molecule has 3 amide bonds. The van der Waals surface area contributed by atoms with Crippen molar-refractivity contribution in [3.63, 3.8) is 0 Å². The molecule has 0 bridgehead atoms. The van der Waals surface area contributed by atoms with Crippen LogP contribution in [0.3, 0.4) is 0 Å². The van der Waals surface area contributed by atoms with Crippen LogP contribution in [0.4, 0.5) is 10.5 Å². The van der Waals surface area contributed by atoms with Crippen molar-refractivity contribution in [3.8, 4) is 0 Å². The molecule has 0 saturated carbocycles. The van der Waals surface area contributed by atoms with Crippen LogP contribution in [0.1, 0.15) is 31.9 Å². The van der Waals surface area contributed by atoms with E-state index in [1.54, 1.807) is 0 Å². The normalized spacial score (nSPS) is 19.0. The third kappa shape index (κ3) is 4.46. The van der Waals surface area contributed by atoms with Crippen LogP contribution in [0.5, 0.6) is 0 Å². The lowest BCUT2D eigenvalue weighted by molar-refractivity contribution is -0.119. The Bertz CT molecular complexity index is 501. The Labute approximate surface area is 124 Å². The van der Waals surface area contributed by atoms with Crippen molar-refractivity contribution < 1.29 is 9.59 Å². The number of benzene rings is 1. The Morgan fingerprint density at radius 2 is 2.10 bits per heavy atom. The van der Waals surface area contributed by atoms with Crippen LogP contribution in [0.25, 0.3) is 0 Å². The summed E-state index contributed by atoms with van der Waals surface area (Å²) in [5.74, 6) is -0.0259. The molecule has 6 heteroatoms. The summed E-state index contributed by atoms with van der Waals surface area (Å²) in [6, 6.07) is 7.59. The van der Waals surface area contributed by atoms with Gasteiger partial charge in [-0.3, -0.25) is 4.79 Å². The Kier molecular flexibility index (Phi) is 5.16. The zero-order valence-electron chi connectivity index (χ0n) is 12.4. The molecule has 0 aliphatic carbocycles. The number of anilines is 1. The van der Waals surface area contributed by atoms with E-state index in [9.17, 15) is 9.59 Å². The van der Waals surface area contributed by atoms with Gasteiger partial charge in [0.25, 0.3) is 0 Å². The van der Waals surface area contributed by atoms with Gasteiger partial charge in [-0.2, -0.15) is 0 Å². The monoisotopic (exact) mass is 290 g/mol. The highest BCUT2D eigenvalue weighted by Gasteiger charge is 2.22. The topological polar surface area (TPSA) is 82.3 Å². The Morgan fingerprint density at radius 1 is 1.38 bits per heavy atom. The van der Waals surface area contributed by atoms with Crippen LogP contribution in [0.15, 0.2) is 24.3 Å². The molecule has 1 aliphatic heterocycles. The third-order valence-electron chi connectivity index (χ3n) is 3.49. The van der Waals surface area contributed by atoms with Crippen molar-refractivity contribution in [2.45, 2.75) is 32.4 Å². The molecule has 1 saturated heterocycles. The molecule has 0 radical (unpaired) electrons. The fourth-order valence-electron chi connectivity index (χ4n) is 2.34. The van der Waals surface area contributed by atoms with Crippen LogP contribution in [0, 0.1) is 0 Å². The summed E-state index contributed by atoms with van der Waals surface area (Å²) in [6.07, 6.45) is 0.340. The van der Waals surface area contributed by atoms with E-state index in [0.29, 0.717) is 13.0 Å². The lowest BCUT2D eigenvalue weighted by Crippen LogP contribution is -2.39. The molecule has 2 unspecified atom stereocenters. The zero-order chi connectivity index (χ0) is 15.2. The van der Waals surface area contributed by atoms with Gasteiger partial charge >= 0.3 is 6.03 Å². The fourth-order valence-corrected chi connectivity index (χ4v) is 2.34. The van der Waals surface area contributed by atoms with Gasteiger partial charge in [-0.05, 0) is 31.2 Å². The standard InChI is InChI=1S/C15H22N4O2/c1-3-16-10(2)11-4-6-12(7-5-11)18-15(21)19-13-8-14(20)17-9-13/h4-7,10,13,16H,3,8-9H2,1-2H3,(H,17,20)(H2,18,19,21). The first kappa shape index (κ1) is 15.3. The van der Waals surface area contributed by atoms with Gasteiger partial charge in [0.15, 0.2) is 0 Å². The van der Waals surface area contributed by atoms with Crippen molar-refractivity contribution in [2.75, 3.05) is 18.4 Å². The van der Waals surface area contributed by atoms with Gasteiger partial charge in [-0.1, -0.05) is 19.1 Å². The quantitative estimate of drug-likeness (QED) is 0.661. The summed E-state index contributed by atoms with van der Waals surface area (Å²) in [6.45, 7) is 5.57. The van der Waals surface area contributed by atoms with Gasteiger partial charge in [0, 0.05) is 24.7 Å². The Hall–Kier alpha value is -2.08. The van der Waals surface area contributed by atoms with Gasteiger partial charge in [0.1, 0.15) is 0 Å². The maximum absolute atomic E-state index is 11.8. The van der Waals surface area contributed by atoms with Gasteiger partial charge in [0.05, 0.1) is 6.04 Å². The van der Waals surface area contributed by atoms with E-state index in [-0.39, 0.29) is 24.0 Å². The molecule has 0 spiro atoms. The Balaban J connectivity index is 1.85. The lowest BCUT2D eigenvalue weighted by Gasteiger charge is -2.14. The van der Waals surface area contributed by atoms with Crippen molar-refractivity contribution in [2.24, 2.45) is 0 Å². The molecule has 114 valence electrons. The number of carbonyl (C=O) groups excluding carboxylic acids is 2. The minimum absolute atomic E-state index is 0.0259. The highest BCUT2D eigenvalue weighted by atomic mass is 16.2. The molecule has 1 aromatic carbocycles. The number of nitrogens with one attached hydrogen (secondary N) is 4. The van der Waals surface area contributed by atoms with E-state index in [0.717, 1.165) is 12.2 Å². The first-order valence-electron chi connectivity index (χ1n) is 7.26. The minimum atomic E-state index is -0.288. The molecule has 0 aromatic heterocycles. The molecule has 2 rings (SSSR count). The van der Waals surface area contributed by atoms with E-state index < -0.39 is 0 Å². The molecule has 1 heterocycles. The van der Waals surface area contributed by atoms with Gasteiger partial charge in [0.2, 0.25) is 5.91 Å². The second-order valence-corrected chi connectivity index (χ2v) is 5.20. The summed E-state index contributed by atoms with van der Waals surface area (Å²) < 4.78 is 0. The summed E-state index contributed by atoms with van der Waals surface area (Å²) >= 11 is 0. The van der Waals surface area contributed by atoms with E-state index in [1.807, 2.05) is 24.3 Å². The first-order valence-corrected chi connectivity index (χ1v) is 7.26. The number of amides is 3. The second kappa shape index (κ2) is 7.08. The summed E-state index contributed by atoms with van der Waals surface area (Å²) in [4.78, 5) is 22.9. The summed E-state index contributed by atoms with van der Waals surface area (Å²) in [5.41, 5.74) is 1.91. The predicted octanol–water partition coefficient (Wildman–Crippen LogP) is 1.37. The van der Waals surface area contributed by atoms with Crippen molar-refractivity contribution in [1.29, 1.82) is 0 Å². The van der Waals surface area contributed by atoms with Gasteiger partial charge in [-0.15, -0.1) is 0 Å². The summed E-state index contributed by atoms with van der Waals surface area (Å²) in [7, 11) is 0. The van der Waals surface area contributed by atoms with Crippen LogP contribution in [-0.2, 0) is 4.79 Å². The minimum Gasteiger partial charge on any atom is -0.354 e. The van der Waals surface area contributed by atoms with E-state index in [4.69, 9.17) is 0 Å². The van der Waals surface area contributed by atoms with Crippen LogP contribution in [0.2, 0.25) is 0 Å². The molecule has 1 aromatic rings. The molecule has 1 aliphatic rings. The second-order valence-electron chi connectivity index (χ2n) is 5.20. The van der Waals surface area contributed by atoms with E-state index >= 15 is 0 Å². The van der Waals surface area contributed by atoms with Crippen LogP contribution in [-0.4, -0.2) is 31.1 Å². The summed E-state index contributed by atoms with van der Waals surface area (Å²) in [5, 5.41) is 11.6. The average Bonchev–Trinajstić information content (AvgIpc) is 2.85. The molecule has 1 fully saturated rings. The number of hydrogen-bond donors (Lipinski definition) is 4. The van der Waals surface area contributed by atoms with Gasteiger partial charge < -0.3 is 21.3 Å². The lowest BCUT2D eigenvalue weighted by atomic mass is 10.1. The average molecular weight is 290 g/mol. The molecule has 21 heavy (non-hydrogen) atoms. The number of hydrogen-bond acceptors (Lipinski definition) is 3. The number of rotatable bonds is 5. The van der Waals surface area contributed by atoms with E-state index in [2.05, 4.69) is 35.1 Å². The van der Waals surface area contributed by atoms with Crippen molar-refractivity contribution >= 4 is 17.6 Å². The SMILES string of the molecule is CCNC(C)c1ccc(NC(=O)NC2CNC(=O)C2)cc1. The van der Waals surface area contributed by atoms with E-state index in [1.165, 1.54) is 5.56 Å². The van der Waals surface area contributed by atoms with Crippen LogP contribution < -0.4 is 21.3 Å². The largest absolute Gasteiger partial charge is 0.354 e. The third-order valence-corrected chi connectivity index (χ3v) is 3.49. The van der Waals surface area contributed by atoms with Crippen molar-refractivity contribution in [1.82, 2.24) is 16.0 Å². The number of carbonyl (C=O) groups is 2. The molecule has 2 atom stereocenters. The maximum atomic E-state index is 11.8. The smallest absolute Gasteiger partial charge is 0.319 e. The highest BCUT2D eigenvalue weighted by molar-refractivity contribution is 5.90. The fraction of sp³-hybridized carbons (Fsp3) is 0.467. The van der Waals surface area contributed by atoms with Gasteiger partial charge in [-0.25, -0.2) is 4.79 Å². The number of urea groups is 1. The van der Waals surface area contributed by atoms with Crippen molar-refractivity contribution in [3.05, 3.63) is 29.8 Å². The first-order chi connectivity index (χ1) is 10.1. The Morgan fingerprint density at radius 3 is 2.67 bits per heavy atom. The molecular formula is C15H22N4O2.